The van der Waals surface area contributed by atoms with Crippen LogP contribution in [0.25, 0.3) is 0 Å². The largest absolute Gasteiger partial charge is 0.396 e. The minimum Gasteiger partial charge on any atom is -0.396 e. The third kappa shape index (κ3) is 3.48. The fourth-order valence-electron chi connectivity index (χ4n) is 1.73. The summed E-state index contributed by atoms with van der Waals surface area (Å²) in [6, 6.07) is -0.812. The molecule has 0 aliphatic rings. The van der Waals surface area contributed by atoms with Crippen LogP contribution in [-0.4, -0.2) is 40.4 Å². The summed E-state index contributed by atoms with van der Waals surface area (Å²) >= 11 is 0. The average Bonchev–Trinajstić information content (AvgIpc) is 2.57. The molecule has 1 atom stereocenters. The molecular formula is C8H14N4O5S. The number of nitro groups is 1. The predicted molar refractivity (Wildman–Crippen MR) is 62.3 cm³/mol. The van der Waals surface area contributed by atoms with Gasteiger partial charge in [-0.2, -0.15) is 0 Å². The first kappa shape index (κ1) is 14.5. The van der Waals surface area contributed by atoms with Crippen LogP contribution in [0.15, 0.2) is 6.20 Å². The average molecular weight is 278 g/mol. The number of rotatable bonds is 6. The van der Waals surface area contributed by atoms with Crippen molar-refractivity contribution in [2.24, 2.45) is 5.14 Å². The van der Waals surface area contributed by atoms with Crippen LogP contribution in [0.5, 0.6) is 0 Å². The number of primary sulfonamides is 1. The summed E-state index contributed by atoms with van der Waals surface area (Å²) < 4.78 is 23.4. The third-order valence-electron chi connectivity index (χ3n) is 2.40. The Morgan fingerprint density at radius 2 is 2.28 bits per heavy atom. The van der Waals surface area contributed by atoms with Gasteiger partial charge >= 0.3 is 5.82 Å². The maximum absolute atomic E-state index is 11.1. The SMILES string of the molecule is Cc1ncc([N+](=O)[O-])n1C(CCO)CS(N)(=O)=O. The number of sulfonamides is 1. The number of aliphatic hydroxyl groups excluding tert-OH is 1. The van der Waals surface area contributed by atoms with Gasteiger partial charge in [-0.1, -0.05) is 0 Å². The van der Waals surface area contributed by atoms with Gasteiger partial charge in [-0.3, -0.25) is 0 Å². The Morgan fingerprint density at radius 3 is 2.72 bits per heavy atom. The zero-order chi connectivity index (χ0) is 13.9. The molecule has 0 saturated carbocycles. The molecule has 102 valence electrons. The first-order chi connectivity index (χ1) is 8.26. The van der Waals surface area contributed by atoms with Crippen LogP contribution >= 0.6 is 0 Å². The Labute approximate surface area is 103 Å². The van der Waals surface area contributed by atoms with Gasteiger partial charge in [0, 0.05) is 20.0 Å². The van der Waals surface area contributed by atoms with Crippen molar-refractivity contribution in [1.29, 1.82) is 0 Å². The summed E-state index contributed by atoms with van der Waals surface area (Å²) in [5.41, 5.74) is 0. The molecule has 0 aliphatic heterocycles. The van der Waals surface area contributed by atoms with Gasteiger partial charge in [0.1, 0.15) is 18.0 Å². The summed E-state index contributed by atoms with van der Waals surface area (Å²) in [4.78, 5) is 13.9. The second-order valence-electron chi connectivity index (χ2n) is 3.79. The minimum atomic E-state index is -3.81. The van der Waals surface area contributed by atoms with E-state index in [1.807, 2.05) is 0 Å². The first-order valence-electron chi connectivity index (χ1n) is 5.06. The van der Waals surface area contributed by atoms with E-state index in [0.717, 1.165) is 6.20 Å². The highest BCUT2D eigenvalue weighted by Crippen LogP contribution is 2.23. The maximum Gasteiger partial charge on any atom is 0.343 e. The van der Waals surface area contributed by atoms with Gasteiger partial charge in [0.2, 0.25) is 10.0 Å². The van der Waals surface area contributed by atoms with Crippen LogP contribution in [-0.2, 0) is 10.0 Å². The van der Waals surface area contributed by atoms with E-state index in [2.05, 4.69) is 4.98 Å². The van der Waals surface area contributed by atoms with Crippen LogP contribution in [0.4, 0.5) is 5.82 Å². The van der Waals surface area contributed by atoms with Crippen molar-refractivity contribution in [3.8, 4) is 0 Å². The van der Waals surface area contributed by atoms with Crippen molar-refractivity contribution in [1.82, 2.24) is 9.55 Å². The van der Waals surface area contributed by atoms with Crippen LogP contribution in [0.3, 0.4) is 0 Å². The number of aromatic nitrogens is 2. The molecule has 1 heterocycles. The van der Waals surface area contributed by atoms with E-state index in [4.69, 9.17) is 10.2 Å². The molecule has 1 unspecified atom stereocenters. The molecule has 0 aliphatic carbocycles. The fraction of sp³-hybridized carbons (Fsp3) is 0.625. The Bertz CT molecular complexity index is 538. The van der Waals surface area contributed by atoms with Crippen LogP contribution < -0.4 is 5.14 Å². The van der Waals surface area contributed by atoms with E-state index in [0.29, 0.717) is 5.82 Å². The van der Waals surface area contributed by atoms with Crippen molar-refractivity contribution < 1.29 is 18.4 Å². The van der Waals surface area contributed by atoms with Gasteiger partial charge < -0.3 is 15.2 Å². The molecule has 1 rings (SSSR count). The lowest BCUT2D eigenvalue weighted by Crippen LogP contribution is -2.27. The topological polar surface area (TPSA) is 141 Å². The normalized spacial score (nSPS) is 13.5. The Morgan fingerprint density at radius 1 is 1.67 bits per heavy atom. The summed E-state index contributed by atoms with van der Waals surface area (Å²) in [6.45, 7) is 1.20. The van der Waals surface area contributed by atoms with Crippen LogP contribution in [0, 0.1) is 17.0 Å². The summed E-state index contributed by atoms with van der Waals surface area (Å²) in [5, 5.41) is 24.7. The standard InChI is InChI=1S/C8H14N4O5S/c1-6-10-4-8(12(14)15)11(6)7(2-3-13)5-18(9,16)17/h4,7,13H,2-3,5H2,1H3,(H2,9,16,17). The lowest BCUT2D eigenvalue weighted by Gasteiger charge is -2.14. The zero-order valence-corrected chi connectivity index (χ0v) is 10.5. The van der Waals surface area contributed by atoms with E-state index in [-0.39, 0.29) is 18.8 Å². The summed E-state index contributed by atoms with van der Waals surface area (Å²) in [7, 11) is -3.81. The highest BCUT2D eigenvalue weighted by atomic mass is 32.2. The molecule has 1 aromatic rings. The van der Waals surface area contributed by atoms with Gasteiger partial charge in [-0.05, 0) is 4.92 Å². The quantitative estimate of drug-likeness (QED) is 0.521. The van der Waals surface area contributed by atoms with E-state index < -0.39 is 26.7 Å². The molecule has 0 amide bonds. The van der Waals surface area contributed by atoms with Gasteiger partial charge in [0.25, 0.3) is 0 Å². The lowest BCUT2D eigenvalue weighted by molar-refractivity contribution is -0.392. The molecule has 18 heavy (non-hydrogen) atoms. The van der Waals surface area contributed by atoms with E-state index in [9.17, 15) is 18.5 Å². The summed E-state index contributed by atoms with van der Waals surface area (Å²) in [6.07, 6.45) is 1.08. The molecule has 0 bridgehead atoms. The lowest BCUT2D eigenvalue weighted by atomic mass is 10.2. The number of imidazole rings is 1. The molecule has 0 spiro atoms. The minimum absolute atomic E-state index is 0.0362. The van der Waals surface area contributed by atoms with Crippen LogP contribution in [0.1, 0.15) is 18.3 Å². The molecule has 3 N–H and O–H groups in total. The van der Waals surface area contributed by atoms with Crippen molar-refractivity contribution >= 4 is 15.8 Å². The Kier molecular flexibility index (Phi) is 4.38. The summed E-state index contributed by atoms with van der Waals surface area (Å²) in [5.74, 6) is -0.524. The molecule has 9 nitrogen and oxygen atoms in total. The Hall–Kier alpha value is -1.52. The highest BCUT2D eigenvalue weighted by molar-refractivity contribution is 7.89. The van der Waals surface area contributed by atoms with Gasteiger partial charge in [0.05, 0.1) is 0 Å². The smallest absolute Gasteiger partial charge is 0.343 e. The fourth-order valence-corrected chi connectivity index (χ4v) is 2.58. The number of nitrogens with two attached hydrogens (primary N) is 1. The van der Waals surface area contributed by atoms with Crippen molar-refractivity contribution in [3.05, 3.63) is 22.1 Å². The van der Waals surface area contributed by atoms with Crippen molar-refractivity contribution in [2.75, 3.05) is 12.4 Å². The van der Waals surface area contributed by atoms with Gasteiger partial charge in [-0.15, -0.1) is 0 Å². The molecule has 10 heteroatoms. The second-order valence-corrected chi connectivity index (χ2v) is 5.45. The van der Waals surface area contributed by atoms with E-state index >= 15 is 0 Å². The van der Waals surface area contributed by atoms with Crippen molar-refractivity contribution in [3.63, 3.8) is 0 Å². The number of hydrogen-bond acceptors (Lipinski definition) is 6. The molecule has 0 fully saturated rings. The maximum atomic E-state index is 11.1. The molecule has 0 aromatic carbocycles. The zero-order valence-electron chi connectivity index (χ0n) is 9.68. The number of hydrogen-bond donors (Lipinski definition) is 2. The molecule has 1 aromatic heterocycles. The van der Waals surface area contributed by atoms with Crippen LogP contribution in [0.2, 0.25) is 0 Å². The second kappa shape index (κ2) is 5.42. The highest BCUT2D eigenvalue weighted by Gasteiger charge is 2.28. The van der Waals surface area contributed by atoms with E-state index in [1.54, 1.807) is 0 Å². The monoisotopic (exact) mass is 278 g/mol. The third-order valence-corrected chi connectivity index (χ3v) is 3.25. The predicted octanol–water partition coefficient (Wildman–Crippen LogP) is -0.688. The van der Waals surface area contributed by atoms with E-state index in [1.165, 1.54) is 11.5 Å². The molecular weight excluding hydrogens is 264 g/mol. The van der Waals surface area contributed by atoms with Gasteiger partial charge in [-0.25, -0.2) is 23.1 Å². The Balaban J connectivity index is 3.20. The first-order valence-corrected chi connectivity index (χ1v) is 6.77. The molecule has 0 radical (unpaired) electrons. The van der Waals surface area contributed by atoms with Gasteiger partial charge in [0.15, 0.2) is 5.82 Å². The molecule has 0 saturated heterocycles. The number of nitrogens with zero attached hydrogens (tertiary/aromatic N) is 3. The number of aryl methyl sites for hydroxylation is 1. The van der Waals surface area contributed by atoms with Crippen molar-refractivity contribution in [2.45, 2.75) is 19.4 Å². The number of aliphatic hydroxyl groups is 1.